The molecule has 0 aliphatic rings. The Morgan fingerprint density at radius 3 is 2.12 bits per heavy atom. The third-order valence-corrected chi connectivity index (χ3v) is 7.87. The summed E-state index contributed by atoms with van der Waals surface area (Å²) in [6.45, 7) is 6.28. The zero-order valence-electron chi connectivity index (χ0n) is 24.6. The van der Waals surface area contributed by atoms with E-state index in [-0.39, 0.29) is 18.0 Å². The number of hydrogen-bond acceptors (Lipinski definition) is 4. The van der Waals surface area contributed by atoms with Crippen molar-refractivity contribution in [1.29, 1.82) is 0 Å². The van der Waals surface area contributed by atoms with Crippen molar-refractivity contribution in [2.45, 2.75) is 58.4 Å². The van der Waals surface area contributed by atoms with Gasteiger partial charge in [-0.1, -0.05) is 71.8 Å². The van der Waals surface area contributed by atoms with E-state index in [1.807, 2.05) is 25.1 Å². The van der Waals surface area contributed by atoms with Gasteiger partial charge in [-0.05, 0) is 57.0 Å². The molecule has 0 saturated heterocycles. The predicted molar refractivity (Wildman–Crippen MR) is 162 cm³/mol. The van der Waals surface area contributed by atoms with Crippen LogP contribution in [0.2, 0.25) is 5.02 Å². The summed E-state index contributed by atoms with van der Waals surface area (Å²) in [5.41, 5.74) is 0.0429. The van der Waals surface area contributed by atoms with E-state index in [0.29, 0.717) is 15.9 Å². The van der Waals surface area contributed by atoms with Gasteiger partial charge in [0, 0.05) is 18.5 Å². The van der Waals surface area contributed by atoms with E-state index in [1.54, 1.807) is 57.2 Å². The number of aryl methyl sites for hydroxylation is 1. The fourth-order valence-electron chi connectivity index (χ4n) is 4.49. The van der Waals surface area contributed by atoms with E-state index in [1.165, 1.54) is 4.90 Å². The van der Waals surface area contributed by atoms with Gasteiger partial charge >= 0.3 is 6.18 Å². The van der Waals surface area contributed by atoms with Gasteiger partial charge in [0.05, 0.1) is 22.5 Å². The van der Waals surface area contributed by atoms with Gasteiger partial charge in [-0.15, -0.1) is 0 Å². The summed E-state index contributed by atoms with van der Waals surface area (Å²) in [5, 5.41) is 2.62. The molecule has 0 saturated carbocycles. The molecular weight excluding hydrogens is 603 g/mol. The predicted octanol–water partition coefficient (Wildman–Crippen LogP) is 5.99. The van der Waals surface area contributed by atoms with Gasteiger partial charge in [0.15, 0.2) is 0 Å². The minimum absolute atomic E-state index is 0.0660. The maximum absolute atomic E-state index is 14.1. The maximum Gasteiger partial charge on any atom is 0.416 e. The lowest BCUT2D eigenvalue weighted by molar-refractivity contribution is -0.140. The van der Waals surface area contributed by atoms with Gasteiger partial charge in [0.2, 0.25) is 21.8 Å². The molecule has 3 rings (SSSR count). The van der Waals surface area contributed by atoms with Gasteiger partial charge < -0.3 is 10.2 Å². The molecule has 12 heteroatoms. The normalized spacial score (nSPS) is 12.9. The smallest absolute Gasteiger partial charge is 0.350 e. The van der Waals surface area contributed by atoms with Crippen LogP contribution in [-0.4, -0.2) is 49.5 Å². The van der Waals surface area contributed by atoms with Crippen molar-refractivity contribution in [3.63, 3.8) is 0 Å². The van der Waals surface area contributed by atoms with Crippen LogP contribution in [0.1, 0.15) is 43.0 Å². The highest BCUT2D eigenvalue weighted by molar-refractivity contribution is 7.92. The molecule has 0 spiro atoms. The molecular formula is C31H35ClF3N3O4S. The molecule has 3 aromatic rings. The quantitative estimate of drug-likeness (QED) is 0.296. The van der Waals surface area contributed by atoms with Crippen molar-refractivity contribution < 1.29 is 31.2 Å². The second-order valence-corrected chi connectivity index (χ2v) is 13.7. The number of anilines is 1. The average Bonchev–Trinajstić information content (AvgIpc) is 2.88. The van der Waals surface area contributed by atoms with Crippen LogP contribution in [0.15, 0.2) is 72.8 Å². The van der Waals surface area contributed by atoms with E-state index in [2.05, 4.69) is 5.32 Å². The first-order valence-electron chi connectivity index (χ1n) is 13.4. The van der Waals surface area contributed by atoms with Gasteiger partial charge in [-0.25, -0.2) is 8.42 Å². The lowest BCUT2D eigenvalue weighted by Gasteiger charge is -2.35. The number of halogens is 4. The van der Waals surface area contributed by atoms with Gasteiger partial charge in [-0.3, -0.25) is 13.9 Å². The van der Waals surface area contributed by atoms with Gasteiger partial charge in [0.25, 0.3) is 0 Å². The average molecular weight is 638 g/mol. The second-order valence-electron chi connectivity index (χ2n) is 11.4. The highest BCUT2D eigenvalue weighted by Gasteiger charge is 2.36. The summed E-state index contributed by atoms with van der Waals surface area (Å²) >= 11 is 6.19. The first-order chi connectivity index (χ1) is 19.8. The van der Waals surface area contributed by atoms with Crippen LogP contribution < -0.4 is 9.62 Å². The molecule has 0 heterocycles. The van der Waals surface area contributed by atoms with E-state index in [4.69, 9.17) is 11.6 Å². The van der Waals surface area contributed by atoms with Gasteiger partial charge in [-0.2, -0.15) is 13.2 Å². The number of sulfonamides is 1. The Morgan fingerprint density at radius 1 is 0.930 bits per heavy atom. The number of alkyl halides is 3. The molecule has 0 aromatic heterocycles. The topological polar surface area (TPSA) is 86.8 Å². The summed E-state index contributed by atoms with van der Waals surface area (Å²) in [6.07, 6.45) is -3.91. The van der Waals surface area contributed by atoms with E-state index in [0.717, 1.165) is 29.5 Å². The number of carbonyl (C=O) groups is 2. The SMILES string of the molecule is Cc1cccc(CN(C(=O)CN(c2cc(C(F)(F)F)ccc2Cl)S(C)(=O)=O)[C@@H](Cc2ccccc2)C(=O)NC(C)(C)C)c1. The molecule has 0 bridgehead atoms. The molecule has 43 heavy (non-hydrogen) atoms. The highest BCUT2D eigenvalue weighted by Crippen LogP contribution is 2.36. The Kier molecular flexibility index (Phi) is 10.6. The number of carbonyl (C=O) groups excluding carboxylic acids is 2. The summed E-state index contributed by atoms with van der Waals surface area (Å²) < 4.78 is 67.0. The molecule has 1 N–H and O–H groups in total. The monoisotopic (exact) mass is 637 g/mol. The number of amides is 2. The lowest BCUT2D eigenvalue weighted by atomic mass is 10.0. The third kappa shape index (κ3) is 9.72. The van der Waals surface area contributed by atoms with Crippen molar-refractivity contribution >= 4 is 39.1 Å². The fraction of sp³-hybridized carbons (Fsp3) is 0.355. The molecule has 0 aliphatic carbocycles. The molecule has 1 atom stereocenters. The van der Waals surface area contributed by atoms with E-state index in [9.17, 15) is 31.2 Å². The first kappa shape index (κ1) is 33.9. The molecule has 7 nitrogen and oxygen atoms in total. The molecule has 0 radical (unpaired) electrons. The number of nitrogens with one attached hydrogen (secondary N) is 1. The summed E-state index contributed by atoms with van der Waals surface area (Å²) in [7, 11) is -4.31. The third-order valence-electron chi connectivity index (χ3n) is 6.43. The summed E-state index contributed by atoms with van der Waals surface area (Å²) in [5.74, 6) is -1.27. The van der Waals surface area contributed by atoms with Crippen LogP contribution in [0.5, 0.6) is 0 Å². The zero-order valence-corrected chi connectivity index (χ0v) is 26.1. The number of hydrogen-bond donors (Lipinski definition) is 1. The highest BCUT2D eigenvalue weighted by atomic mass is 35.5. The molecule has 0 fully saturated rings. The van der Waals surface area contributed by atoms with Crippen LogP contribution in [0.25, 0.3) is 0 Å². The lowest BCUT2D eigenvalue weighted by Crippen LogP contribution is -2.56. The van der Waals surface area contributed by atoms with Gasteiger partial charge in [0.1, 0.15) is 12.6 Å². The molecule has 0 aliphatic heterocycles. The molecule has 0 unspecified atom stereocenters. The van der Waals surface area contributed by atoms with Crippen LogP contribution in [0, 0.1) is 6.92 Å². The van der Waals surface area contributed by atoms with Crippen molar-refractivity contribution in [2.24, 2.45) is 0 Å². The van der Waals surface area contributed by atoms with E-state index >= 15 is 0 Å². The Morgan fingerprint density at radius 2 is 1.56 bits per heavy atom. The number of benzene rings is 3. The maximum atomic E-state index is 14.1. The van der Waals surface area contributed by atoms with Crippen molar-refractivity contribution in [3.05, 3.63) is 100 Å². The van der Waals surface area contributed by atoms with Crippen molar-refractivity contribution in [2.75, 3.05) is 17.1 Å². The number of nitrogens with zero attached hydrogens (tertiary/aromatic N) is 2. The minimum atomic E-state index is -4.78. The van der Waals surface area contributed by atoms with Crippen molar-refractivity contribution in [3.8, 4) is 0 Å². The standard InChI is InChI=1S/C31H35ClF3N3O4S/c1-21-10-9-13-23(16-21)19-37(27(29(40)36-30(2,3)4)17-22-11-7-6-8-12-22)28(39)20-38(43(5,41)42)26-18-24(31(33,34)35)14-15-25(26)32/h6-16,18,27H,17,19-20H2,1-5H3,(H,36,40)/t27-/m0/s1. The fourth-order valence-corrected chi connectivity index (χ4v) is 5.61. The molecule has 3 aromatic carbocycles. The van der Waals surface area contributed by atoms with Crippen LogP contribution >= 0.6 is 11.6 Å². The molecule has 232 valence electrons. The van der Waals surface area contributed by atoms with E-state index < -0.39 is 57.4 Å². The van der Waals surface area contributed by atoms with Crippen LogP contribution in [-0.2, 0) is 38.8 Å². The molecule has 2 amide bonds. The Labute approximate surface area is 255 Å². The largest absolute Gasteiger partial charge is 0.416 e. The Balaban J connectivity index is 2.14. The van der Waals surface area contributed by atoms with Crippen molar-refractivity contribution in [1.82, 2.24) is 10.2 Å². The summed E-state index contributed by atoms with van der Waals surface area (Å²) in [4.78, 5) is 29.1. The Hall–Kier alpha value is -3.57. The van der Waals surface area contributed by atoms with Crippen LogP contribution in [0.3, 0.4) is 0 Å². The first-order valence-corrected chi connectivity index (χ1v) is 15.6. The second kappa shape index (κ2) is 13.4. The van der Waals surface area contributed by atoms with Crippen LogP contribution in [0.4, 0.5) is 18.9 Å². The Bertz CT molecular complexity index is 1560. The summed E-state index contributed by atoms with van der Waals surface area (Å²) in [6, 6.07) is 17.4. The number of rotatable bonds is 10. The minimum Gasteiger partial charge on any atom is -0.350 e. The zero-order chi connectivity index (χ0) is 32.2.